The van der Waals surface area contributed by atoms with Gasteiger partial charge >= 0.3 is 0 Å². The first-order valence-corrected chi connectivity index (χ1v) is 10.1. The van der Waals surface area contributed by atoms with Gasteiger partial charge in [0.25, 0.3) is 0 Å². The summed E-state index contributed by atoms with van der Waals surface area (Å²) in [5.74, 6) is 2.00. The van der Waals surface area contributed by atoms with Gasteiger partial charge < -0.3 is 14.9 Å². The van der Waals surface area contributed by atoms with Gasteiger partial charge in [0.1, 0.15) is 18.2 Å². The Hall–Kier alpha value is -2.54. The number of aromatic nitrogens is 3. The van der Waals surface area contributed by atoms with Crippen molar-refractivity contribution in [1.82, 2.24) is 19.9 Å². The molecule has 148 valence electrons. The predicted octanol–water partition coefficient (Wildman–Crippen LogP) is 1.83. The average molecular weight is 381 g/mol. The van der Waals surface area contributed by atoms with E-state index >= 15 is 0 Å². The van der Waals surface area contributed by atoms with Crippen LogP contribution < -0.4 is 4.90 Å². The summed E-state index contributed by atoms with van der Waals surface area (Å²) in [6.45, 7) is 4.71. The third kappa shape index (κ3) is 3.85. The van der Waals surface area contributed by atoms with Crippen LogP contribution >= 0.6 is 0 Å². The van der Waals surface area contributed by atoms with Crippen molar-refractivity contribution in [2.75, 3.05) is 31.1 Å². The van der Waals surface area contributed by atoms with Crippen LogP contribution in [-0.4, -0.2) is 57.1 Å². The molecule has 1 amide bonds. The summed E-state index contributed by atoms with van der Waals surface area (Å²) in [6.07, 6.45) is 5.63. The first kappa shape index (κ1) is 18.8. The second-order valence-corrected chi connectivity index (χ2v) is 7.63. The number of amides is 1. The standard InChI is InChI=1S/C21H27N5O2/c1-15-18-6-4-10-26(13-17-5-2-3-9-22-17)21(18)24-20(23-15)16-7-11-25(12-8-16)19(28)14-27/h2-3,5,9,16,27H,4,6-8,10-14H2,1H3. The van der Waals surface area contributed by atoms with Crippen molar-refractivity contribution >= 4 is 11.7 Å². The van der Waals surface area contributed by atoms with Crippen molar-refractivity contribution in [1.29, 1.82) is 0 Å². The van der Waals surface area contributed by atoms with Crippen LogP contribution in [0.5, 0.6) is 0 Å². The summed E-state index contributed by atoms with van der Waals surface area (Å²) in [6, 6.07) is 6.01. The lowest BCUT2D eigenvalue weighted by atomic mass is 9.95. The SMILES string of the molecule is Cc1nc(C2CCN(C(=O)CO)CC2)nc2c1CCCN2Cc1ccccn1. The van der Waals surface area contributed by atoms with Crippen molar-refractivity contribution in [2.24, 2.45) is 0 Å². The number of aryl methyl sites for hydroxylation is 1. The van der Waals surface area contributed by atoms with Crippen LogP contribution in [0.4, 0.5) is 5.82 Å². The van der Waals surface area contributed by atoms with Crippen LogP contribution in [-0.2, 0) is 17.8 Å². The molecule has 0 radical (unpaired) electrons. The number of hydrogen-bond acceptors (Lipinski definition) is 6. The molecule has 7 heteroatoms. The monoisotopic (exact) mass is 381 g/mol. The lowest BCUT2D eigenvalue weighted by molar-refractivity contribution is -0.135. The minimum absolute atomic E-state index is 0.192. The number of pyridine rings is 1. The quantitative estimate of drug-likeness (QED) is 0.870. The summed E-state index contributed by atoms with van der Waals surface area (Å²) in [5, 5.41) is 9.06. The molecule has 0 bridgehead atoms. The average Bonchev–Trinajstić information content (AvgIpc) is 2.74. The van der Waals surface area contributed by atoms with E-state index in [1.807, 2.05) is 18.3 Å². The van der Waals surface area contributed by atoms with Crippen LogP contribution in [0, 0.1) is 6.92 Å². The van der Waals surface area contributed by atoms with E-state index < -0.39 is 6.61 Å². The van der Waals surface area contributed by atoms with E-state index in [0.29, 0.717) is 13.1 Å². The molecule has 1 fully saturated rings. The van der Waals surface area contributed by atoms with E-state index in [1.54, 1.807) is 4.90 Å². The van der Waals surface area contributed by atoms with Crippen molar-refractivity contribution < 1.29 is 9.90 Å². The normalized spacial score (nSPS) is 17.5. The fourth-order valence-electron chi connectivity index (χ4n) is 4.22. The molecule has 0 aliphatic carbocycles. The van der Waals surface area contributed by atoms with Gasteiger partial charge in [-0.25, -0.2) is 9.97 Å². The van der Waals surface area contributed by atoms with Gasteiger partial charge in [-0.05, 0) is 44.7 Å². The molecule has 2 aliphatic heterocycles. The molecule has 2 aliphatic rings. The Morgan fingerprint density at radius 1 is 1.21 bits per heavy atom. The summed E-state index contributed by atoms with van der Waals surface area (Å²) in [4.78, 5) is 30.1. The highest BCUT2D eigenvalue weighted by atomic mass is 16.3. The van der Waals surface area contributed by atoms with Gasteiger partial charge in [-0.1, -0.05) is 6.07 Å². The maximum atomic E-state index is 11.7. The molecule has 28 heavy (non-hydrogen) atoms. The highest BCUT2D eigenvalue weighted by molar-refractivity contribution is 5.77. The molecule has 2 aromatic rings. The number of rotatable bonds is 4. The Morgan fingerprint density at radius 3 is 2.75 bits per heavy atom. The van der Waals surface area contributed by atoms with Gasteiger partial charge in [0.05, 0.1) is 12.2 Å². The van der Waals surface area contributed by atoms with Gasteiger partial charge in [0.2, 0.25) is 5.91 Å². The van der Waals surface area contributed by atoms with Gasteiger partial charge in [0.15, 0.2) is 0 Å². The lowest BCUT2D eigenvalue weighted by Gasteiger charge is -2.34. The van der Waals surface area contributed by atoms with Crippen LogP contribution in [0.1, 0.15) is 48.0 Å². The molecular weight excluding hydrogens is 354 g/mol. The van der Waals surface area contributed by atoms with Crippen LogP contribution in [0.15, 0.2) is 24.4 Å². The third-order valence-electron chi connectivity index (χ3n) is 5.79. The van der Waals surface area contributed by atoms with E-state index in [4.69, 9.17) is 15.1 Å². The van der Waals surface area contributed by atoms with Gasteiger partial charge in [-0.2, -0.15) is 0 Å². The molecule has 1 saturated heterocycles. The molecule has 0 atom stereocenters. The van der Waals surface area contributed by atoms with E-state index in [1.165, 1.54) is 5.56 Å². The minimum atomic E-state index is -0.415. The molecule has 4 rings (SSSR count). The van der Waals surface area contributed by atoms with E-state index in [9.17, 15) is 4.79 Å². The number of hydrogen-bond donors (Lipinski definition) is 1. The van der Waals surface area contributed by atoms with Crippen molar-refractivity contribution in [3.63, 3.8) is 0 Å². The smallest absolute Gasteiger partial charge is 0.248 e. The first-order chi connectivity index (χ1) is 13.7. The summed E-state index contributed by atoms with van der Waals surface area (Å²) < 4.78 is 0. The minimum Gasteiger partial charge on any atom is -0.387 e. The maximum Gasteiger partial charge on any atom is 0.248 e. The zero-order valence-electron chi connectivity index (χ0n) is 16.3. The highest BCUT2D eigenvalue weighted by Crippen LogP contribution is 2.32. The van der Waals surface area contributed by atoms with Crippen molar-refractivity contribution in [3.05, 3.63) is 47.2 Å². The highest BCUT2D eigenvalue weighted by Gasteiger charge is 2.28. The second kappa shape index (κ2) is 8.22. The largest absolute Gasteiger partial charge is 0.387 e. The van der Waals surface area contributed by atoms with E-state index in [-0.39, 0.29) is 11.8 Å². The van der Waals surface area contributed by atoms with E-state index in [2.05, 4.69) is 22.9 Å². The number of nitrogens with zero attached hydrogens (tertiary/aromatic N) is 5. The Morgan fingerprint density at radius 2 is 2.04 bits per heavy atom. The molecule has 4 heterocycles. The molecule has 0 spiro atoms. The number of fused-ring (bicyclic) bond motifs is 1. The zero-order valence-corrected chi connectivity index (χ0v) is 16.3. The zero-order chi connectivity index (χ0) is 19.5. The summed E-state index contributed by atoms with van der Waals surface area (Å²) in [7, 11) is 0. The fourth-order valence-corrected chi connectivity index (χ4v) is 4.22. The Kier molecular flexibility index (Phi) is 5.52. The Bertz CT molecular complexity index is 834. The van der Waals surface area contributed by atoms with Crippen molar-refractivity contribution in [2.45, 2.75) is 45.1 Å². The van der Waals surface area contributed by atoms with Gasteiger partial charge in [-0.3, -0.25) is 9.78 Å². The Labute approximate surface area is 165 Å². The third-order valence-corrected chi connectivity index (χ3v) is 5.79. The number of anilines is 1. The maximum absolute atomic E-state index is 11.7. The topological polar surface area (TPSA) is 82.5 Å². The first-order valence-electron chi connectivity index (χ1n) is 10.1. The van der Waals surface area contributed by atoms with Crippen molar-refractivity contribution in [3.8, 4) is 0 Å². The second-order valence-electron chi connectivity index (χ2n) is 7.63. The molecule has 1 N–H and O–H groups in total. The van der Waals surface area contributed by atoms with Crippen LogP contribution in [0.2, 0.25) is 0 Å². The number of piperidine rings is 1. The fraction of sp³-hybridized carbons (Fsp3) is 0.524. The number of likely N-dealkylation sites (tertiary alicyclic amines) is 1. The molecule has 0 aromatic carbocycles. The summed E-state index contributed by atoms with van der Waals surface area (Å²) >= 11 is 0. The summed E-state index contributed by atoms with van der Waals surface area (Å²) in [5.41, 5.74) is 3.36. The Balaban J connectivity index is 1.55. The molecule has 2 aromatic heterocycles. The molecular formula is C21H27N5O2. The van der Waals surface area contributed by atoms with E-state index in [0.717, 1.165) is 61.8 Å². The van der Waals surface area contributed by atoms with Gasteiger partial charge in [0, 0.05) is 43.0 Å². The molecule has 0 unspecified atom stereocenters. The predicted molar refractivity (Wildman–Crippen MR) is 106 cm³/mol. The van der Waals surface area contributed by atoms with Gasteiger partial charge in [-0.15, -0.1) is 0 Å². The van der Waals surface area contributed by atoms with Crippen LogP contribution in [0.25, 0.3) is 0 Å². The molecule has 7 nitrogen and oxygen atoms in total. The van der Waals surface area contributed by atoms with Crippen LogP contribution in [0.3, 0.4) is 0 Å². The number of aliphatic hydroxyl groups is 1. The number of aliphatic hydroxyl groups excluding tert-OH is 1. The number of carbonyl (C=O) groups excluding carboxylic acids is 1. The lowest BCUT2D eigenvalue weighted by Crippen LogP contribution is -2.40. The molecule has 0 saturated carbocycles. The number of carbonyl (C=O) groups is 1.